The third-order valence-electron chi connectivity index (χ3n) is 2.91. The van der Waals surface area contributed by atoms with Crippen molar-refractivity contribution in [3.8, 4) is 0 Å². The number of thiophene rings is 1. The fraction of sp³-hybridized carbons (Fsp3) is 0.286. The first kappa shape index (κ1) is 12.8. The monoisotopic (exact) mass is 309 g/mol. The minimum absolute atomic E-state index is 0.359. The van der Waals surface area contributed by atoms with Crippen molar-refractivity contribution in [1.29, 1.82) is 0 Å². The molecule has 0 saturated carbocycles. The van der Waals surface area contributed by atoms with E-state index < -0.39 is 0 Å². The summed E-state index contributed by atoms with van der Waals surface area (Å²) in [7, 11) is 0. The SMILES string of the molecule is CC(NC(C)c1ccsc1)c1ccc(Br)cc1. The van der Waals surface area contributed by atoms with Gasteiger partial charge in [0.2, 0.25) is 0 Å². The van der Waals surface area contributed by atoms with Crippen LogP contribution in [0.4, 0.5) is 0 Å². The molecule has 1 nitrogen and oxygen atoms in total. The Balaban J connectivity index is 2.01. The molecule has 0 radical (unpaired) electrons. The zero-order chi connectivity index (χ0) is 12.3. The second-order valence-corrected chi connectivity index (χ2v) is 5.91. The molecule has 1 N–H and O–H groups in total. The highest BCUT2D eigenvalue weighted by atomic mass is 79.9. The summed E-state index contributed by atoms with van der Waals surface area (Å²) in [4.78, 5) is 0. The first-order chi connectivity index (χ1) is 8.16. The molecule has 2 unspecified atom stereocenters. The van der Waals surface area contributed by atoms with E-state index in [-0.39, 0.29) is 0 Å². The van der Waals surface area contributed by atoms with Gasteiger partial charge in [-0.05, 0) is 53.9 Å². The van der Waals surface area contributed by atoms with Crippen molar-refractivity contribution in [3.05, 3.63) is 56.7 Å². The maximum absolute atomic E-state index is 3.61. The van der Waals surface area contributed by atoms with Crippen molar-refractivity contribution in [1.82, 2.24) is 5.32 Å². The Morgan fingerprint density at radius 3 is 2.24 bits per heavy atom. The third kappa shape index (κ3) is 3.41. The predicted molar refractivity (Wildman–Crippen MR) is 78.4 cm³/mol. The van der Waals surface area contributed by atoms with Gasteiger partial charge in [-0.25, -0.2) is 0 Å². The number of rotatable bonds is 4. The van der Waals surface area contributed by atoms with Crippen molar-refractivity contribution in [2.24, 2.45) is 0 Å². The molecule has 17 heavy (non-hydrogen) atoms. The Kier molecular flexibility index (Phi) is 4.37. The van der Waals surface area contributed by atoms with Crippen LogP contribution in [-0.2, 0) is 0 Å². The fourth-order valence-electron chi connectivity index (χ4n) is 1.84. The lowest BCUT2D eigenvalue weighted by Crippen LogP contribution is -2.22. The smallest absolute Gasteiger partial charge is 0.0305 e. The normalized spacial score (nSPS) is 14.5. The molecule has 3 heteroatoms. The minimum Gasteiger partial charge on any atom is -0.304 e. The molecule has 0 fully saturated rings. The van der Waals surface area contributed by atoms with E-state index in [1.807, 2.05) is 0 Å². The van der Waals surface area contributed by atoms with Crippen LogP contribution in [0.15, 0.2) is 45.6 Å². The van der Waals surface area contributed by atoms with Crippen LogP contribution in [0.1, 0.15) is 37.1 Å². The summed E-state index contributed by atoms with van der Waals surface area (Å²) in [6, 6.07) is 11.4. The largest absolute Gasteiger partial charge is 0.304 e. The van der Waals surface area contributed by atoms with Crippen molar-refractivity contribution >= 4 is 27.3 Å². The lowest BCUT2D eigenvalue weighted by molar-refractivity contribution is 0.495. The van der Waals surface area contributed by atoms with Gasteiger partial charge in [0.05, 0.1) is 0 Å². The molecule has 0 bridgehead atoms. The molecule has 0 aliphatic rings. The van der Waals surface area contributed by atoms with Gasteiger partial charge in [0.25, 0.3) is 0 Å². The average Bonchev–Trinajstić information content (AvgIpc) is 2.83. The first-order valence-corrected chi connectivity index (χ1v) is 7.44. The quantitative estimate of drug-likeness (QED) is 0.845. The van der Waals surface area contributed by atoms with Gasteiger partial charge in [-0.1, -0.05) is 28.1 Å². The molecular formula is C14H16BrNS. The third-order valence-corrected chi connectivity index (χ3v) is 4.14. The molecular weight excluding hydrogens is 294 g/mol. The summed E-state index contributed by atoms with van der Waals surface area (Å²) in [6.07, 6.45) is 0. The first-order valence-electron chi connectivity index (χ1n) is 5.70. The van der Waals surface area contributed by atoms with Crippen LogP contribution >= 0.6 is 27.3 Å². The van der Waals surface area contributed by atoms with Crippen LogP contribution in [0.3, 0.4) is 0 Å². The van der Waals surface area contributed by atoms with Gasteiger partial charge in [0.1, 0.15) is 0 Å². The second-order valence-electron chi connectivity index (χ2n) is 4.22. The van der Waals surface area contributed by atoms with Gasteiger partial charge in [-0.3, -0.25) is 0 Å². The van der Waals surface area contributed by atoms with Crippen LogP contribution in [0.25, 0.3) is 0 Å². The Bertz CT molecular complexity index is 450. The van der Waals surface area contributed by atoms with Crippen molar-refractivity contribution in [2.45, 2.75) is 25.9 Å². The standard InChI is InChI=1S/C14H16BrNS/c1-10(12-3-5-14(15)6-4-12)16-11(2)13-7-8-17-9-13/h3-11,16H,1-2H3. The summed E-state index contributed by atoms with van der Waals surface area (Å²) in [5.41, 5.74) is 2.68. The summed E-state index contributed by atoms with van der Waals surface area (Å²) in [5, 5.41) is 7.93. The van der Waals surface area contributed by atoms with Gasteiger partial charge in [0, 0.05) is 16.6 Å². The summed E-state index contributed by atoms with van der Waals surface area (Å²) >= 11 is 5.20. The minimum atomic E-state index is 0.359. The Hall–Kier alpha value is -0.640. The molecule has 1 aromatic carbocycles. The zero-order valence-corrected chi connectivity index (χ0v) is 12.4. The van der Waals surface area contributed by atoms with Crippen LogP contribution in [0, 0.1) is 0 Å². The molecule has 2 atom stereocenters. The van der Waals surface area contributed by atoms with Gasteiger partial charge in [0.15, 0.2) is 0 Å². The molecule has 0 saturated heterocycles. The lowest BCUT2D eigenvalue weighted by Gasteiger charge is -2.19. The maximum atomic E-state index is 3.61. The summed E-state index contributed by atoms with van der Waals surface area (Å²) in [6.45, 7) is 4.41. The van der Waals surface area contributed by atoms with Gasteiger partial charge < -0.3 is 5.32 Å². The van der Waals surface area contributed by atoms with Crippen LogP contribution in [0.2, 0.25) is 0 Å². The Morgan fingerprint density at radius 1 is 1.00 bits per heavy atom. The van der Waals surface area contributed by atoms with Crippen molar-refractivity contribution in [2.75, 3.05) is 0 Å². The molecule has 1 aromatic heterocycles. The van der Waals surface area contributed by atoms with Crippen molar-refractivity contribution in [3.63, 3.8) is 0 Å². The van der Waals surface area contributed by atoms with E-state index in [1.165, 1.54) is 11.1 Å². The highest BCUT2D eigenvalue weighted by Crippen LogP contribution is 2.22. The number of nitrogens with one attached hydrogen (secondary N) is 1. The molecule has 90 valence electrons. The van der Waals surface area contributed by atoms with Gasteiger partial charge >= 0.3 is 0 Å². The lowest BCUT2D eigenvalue weighted by atomic mass is 10.1. The average molecular weight is 310 g/mol. The van der Waals surface area contributed by atoms with Crippen molar-refractivity contribution < 1.29 is 0 Å². The summed E-state index contributed by atoms with van der Waals surface area (Å²) < 4.78 is 1.12. The molecule has 0 spiro atoms. The van der Waals surface area contributed by atoms with E-state index in [0.29, 0.717) is 12.1 Å². The molecule has 0 aliphatic heterocycles. The zero-order valence-electron chi connectivity index (χ0n) is 9.98. The van der Waals surface area contributed by atoms with E-state index in [9.17, 15) is 0 Å². The number of hydrogen-bond acceptors (Lipinski definition) is 2. The maximum Gasteiger partial charge on any atom is 0.0305 e. The molecule has 2 aromatic rings. The Labute approximate surface area is 115 Å². The van der Waals surface area contributed by atoms with Gasteiger partial charge in [-0.15, -0.1) is 0 Å². The Morgan fingerprint density at radius 2 is 1.65 bits per heavy atom. The van der Waals surface area contributed by atoms with E-state index in [1.54, 1.807) is 11.3 Å². The highest BCUT2D eigenvalue weighted by Gasteiger charge is 2.11. The fourth-order valence-corrected chi connectivity index (χ4v) is 2.86. The topological polar surface area (TPSA) is 12.0 Å². The molecule has 0 amide bonds. The molecule has 1 heterocycles. The summed E-state index contributed by atoms with van der Waals surface area (Å²) in [5.74, 6) is 0. The predicted octanol–water partition coefficient (Wildman–Crippen LogP) is 4.92. The molecule has 0 aliphatic carbocycles. The van der Waals surface area contributed by atoms with E-state index in [0.717, 1.165) is 4.47 Å². The number of hydrogen-bond donors (Lipinski definition) is 1. The second kappa shape index (κ2) is 5.80. The molecule has 2 rings (SSSR count). The number of halogens is 1. The van der Waals surface area contributed by atoms with Crippen LogP contribution < -0.4 is 5.32 Å². The van der Waals surface area contributed by atoms with Crippen LogP contribution in [-0.4, -0.2) is 0 Å². The highest BCUT2D eigenvalue weighted by molar-refractivity contribution is 9.10. The number of benzene rings is 1. The van der Waals surface area contributed by atoms with E-state index >= 15 is 0 Å². The van der Waals surface area contributed by atoms with Gasteiger partial charge in [-0.2, -0.15) is 11.3 Å². The van der Waals surface area contributed by atoms with E-state index in [4.69, 9.17) is 0 Å². The van der Waals surface area contributed by atoms with E-state index in [2.05, 4.69) is 76.2 Å². The van der Waals surface area contributed by atoms with Crippen LogP contribution in [0.5, 0.6) is 0 Å².